The Balaban J connectivity index is 2.40. The molecule has 2 N–H and O–H groups in total. The highest BCUT2D eigenvalue weighted by Gasteiger charge is 2.26. The van der Waals surface area contributed by atoms with Crippen molar-refractivity contribution in [2.75, 3.05) is 26.9 Å². The van der Waals surface area contributed by atoms with Gasteiger partial charge in [-0.25, -0.2) is 0 Å². The average molecular weight is 237 g/mol. The van der Waals surface area contributed by atoms with Crippen LogP contribution in [0.1, 0.15) is 11.5 Å². The van der Waals surface area contributed by atoms with Crippen molar-refractivity contribution in [3.8, 4) is 11.5 Å². The van der Waals surface area contributed by atoms with Crippen LogP contribution in [0.15, 0.2) is 18.2 Å². The second-order valence-electron chi connectivity index (χ2n) is 3.68. The highest BCUT2D eigenvalue weighted by atomic mass is 16.6. The Morgan fingerprint density at radius 3 is 2.94 bits per heavy atom. The van der Waals surface area contributed by atoms with Crippen LogP contribution in [0.25, 0.3) is 0 Å². The molecule has 0 aliphatic carbocycles. The summed E-state index contributed by atoms with van der Waals surface area (Å²) in [4.78, 5) is 11.6. The lowest BCUT2D eigenvalue weighted by Gasteiger charge is -2.23. The fraction of sp³-hybridized carbons (Fsp3) is 0.417. The fourth-order valence-corrected chi connectivity index (χ4v) is 1.86. The van der Waals surface area contributed by atoms with Crippen molar-refractivity contribution in [1.29, 1.82) is 0 Å². The number of hydrogen-bond acceptors (Lipinski definition) is 5. The van der Waals surface area contributed by atoms with Crippen molar-refractivity contribution < 1.29 is 19.0 Å². The minimum absolute atomic E-state index is 0.173. The first-order valence-electron chi connectivity index (χ1n) is 5.44. The average Bonchev–Trinajstić information content (AvgIpc) is 2.39. The Morgan fingerprint density at radius 1 is 1.47 bits per heavy atom. The molecule has 2 rings (SSSR count). The molecule has 0 fully saturated rings. The molecule has 17 heavy (non-hydrogen) atoms. The molecule has 1 aliphatic heterocycles. The topological polar surface area (TPSA) is 70.8 Å². The van der Waals surface area contributed by atoms with E-state index in [-0.39, 0.29) is 12.5 Å². The summed E-state index contributed by atoms with van der Waals surface area (Å²) < 4.78 is 15.7. The van der Waals surface area contributed by atoms with Gasteiger partial charge in [-0.3, -0.25) is 4.79 Å². The summed E-state index contributed by atoms with van der Waals surface area (Å²) in [5.41, 5.74) is 6.34. The van der Waals surface area contributed by atoms with Crippen LogP contribution >= 0.6 is 0 Å². The molecule has 1 aromatic carbocycles. The summed E-state index contributed by atoms with van der Waals surface area (Å²) in [5.74, 6) is 0.363. The van der Waals surface area contributed by atoms with Crippen molar-refractivity contribution >= 4 is 5.97 Å². The van der Waals surface area contributed by atoms with Crippen molar-refractivity contribution in [2.24, 2.45) is 5.73 Å². The van der Waals surface area contributed by atoms with E-state index in [0.29, 0.717) is 24.7 Å². The van der Waals surface area contributed by atoms with Gasteiger partial charge in [0.15, 0.2) is 11.5 Å². The normalized spacial score (nSPS) is 15.2. The van der Waals surface area contributed by atoms with Gasteiger partial charge in [0.2, 0.25) is 0 Å². The Labute approximate surface area is 99.5 Å². The van der Waals surface area contributed by atoms with Crippen molar-refractivity contribution in [2.45, 2.75) is 5.92 Å². The first-order chi connectivity index (χ1) is 8.27. The van der Waals surface area contributed by atoms with E-state index in [4.69, 9.17) is 19.9 Å². The first kappa shape index (κ1) is 11.7. The van der Waals surface area contributed by atoms with Crippen molar-refractivity contribution in [3.63, 3.8) is 0 Å². The number of carbonyl (C=O) groups is 1. The van der Waals surface area contributed by atoms with E-state index in [1.807, 2.05) is 18.2 Å². The number of rotatable bonds is 3. The maximum Gasteiger partial charge on any atom is 0.314 e. The van der Waals surface area contributed by atoms with E-state index in [2.05, 4.69) is 0 Å². The Hall–Kier alpha value is -1.75. The summed E-state index contributed by atoms with van der Waals surface area (Å²) in [6.07, 6.45) is 0. The Bertz CT molecular complexity index is 419. The second kappa shape index (κ2) is 5.05. The van der Waals surface area contributed by atoms with Gasteiger partial charge in [-0.1, -0.05) is 12.1 Å². The SMILES string of the molecule is COC(=O)C(CN)c1cccc2c1OCCO2. The molecule has 1 aliphatic rings. The summed E-state index contributed by atoms with van der Waals surface area (Å²) in [6, 6.07) is 5.43. The van der Waals surface area contributed by atoms with Gasteiger partial charge in [-0.2, -0.15) is 0 Å². The zero-order valence-electron chi connectivity index (χ0n) is 9.64. The number of methoxy groups -OCH3 is 1. The van der Waals surface area contributed by atoms with E-state index < -0.39 is 5.92 Å². The van der Waals surface area contributed by atoms with Gasteiger partial charge in [-0.15, -0.1) is 0 Å². The third kappa shape index (κ3) is 2.19. The number of nitrogens with two attached hydrogens (primary N) is 1. The Kier molecular flexibility index (Phi) is 3.49. The predicted octanol–water partition coefficient (Wildman–Crippen LogP) is 0.673. The van der Waals surface area contributed by atoms with Gasteiger partial charge < -0.3 is 19.9 Å². The minimum Gasteiger partial charge on any atom is -0.486 e. The van der Waals surface area contributed by atoms with Crippen LogP contribution in [0, 0.1) is 0 Å². The molecule has 1 unspecified atom stereocenters. The lowest BCUT2D eigenvalue weighted by molar-refractivity contribution is -0.142. The lowest BCUT2D eigenvalue weighted by Crippen LogP contribution is -2.25. The van der Waals surface area contributed by atoms with Crippen LogP contribution in [0.4, 0.5) is 0 Å². The number of carbonyl (C=O) groups excluding carboxylic acids is 1. The number of esters is 1. The molecule has 0 radical (unpaired) electrons. The second-order valence-corrected chi connectivity index (χ2v) is 3.68. The molecule has 1 aromatic rings. The van der Waals surface area contributed by atoms with E-state index in [1.54, 1.807) is 0 Å². The zero-order valence-corrected chi connectivity index (χ0v) is 9.64. The van der Waals surface area contributed by atoms with E-state index in [1.165, 1.54) is 7.11 Å². The van der Waals surface area contributed by atoms with Gasteiger partial charge in [-0.05, 0) is 6.07 Å². The van der Waals surface area contributed by atoms with Crippen LogP contribution < -0.4 is 15.2 Å². The van der Waals surface area contributed by atoms with Crippen LogP contribution in [-0.2, 0) is 9.53 Å². The van der Waals surface area contributed by atoms with Gasteiger partial charge in [0, 0.05) is 12.1 Å². The number of benzene rings is 1. The molecule has 0 spiro atoms. The maximum atomic E-state index is 11.6. The van der Waals surface area contributed by atoms with E-state index in [0.717, 1.165) is 5.56 Å². The fourth-order valence-electron chi connectivity index (χ4n) is 1.86. The largest absolute Gasteiger partial charge is 0.486 e. The van der Waals surface area contributed by atoms with Crippen molar-refractivity contribution in [3.05, 3.63) is 23.8 Å². The van der Waals surface area contributed by atoms with Gasteiger partial charge in [0.05, 0.1) is 13.0 Å². The number of fused-ring (bicyclic) bond motifs is 1. The maximum absolute atomic E-state index is 11.6. The third-order valence-corrected chi connectivity index (χ3v) is 2.69. The number of hydrogen-bond donors (Lipinski definition) is 1. The van der Waals surface area contributed by atoms with Crippen LogP contribution in [0.5, 0.6) is 11.5 Å². The summed E-state index contributed by atoms with van der Waals surface area (Å²) in [6.45, 7) is 1.16. The molecule has 0 saturated heterocycles. The number of para-hydroxylation sites is 1. The molecule has 0 aromatic heterocycles. The minimum atomic E-state index is -0.517. The molecule has 92 valence electrons. The predicted molar refractivity (Wildman–Crippen MR) is 61.2 cm³/mol. The number of ether oxygens (including phenoxy) is 3. The van der Waals surface area contributed by atoms with Crippen molar-refractivity contribution in [1.82, 2.24) is 0 Å². The summed E-state index contributed by atoms with van der Waals surface area (Å²) in [7, 11) is 1.34. The summed E-state index contributed by atoms with van der Waals surface area (Å²) >= 11 is 0. The molecule has 5 heteroatoms. The van der Waals surface area contributed by atoms with E-state index in [9.17, 15) is 4.79 Å². The smallest absolute Gasteiger partial charge is 0.314 e. The first-order valence-corrected chi connectivity index (χ1v) is 5.44. The molecule has 0 bridgehead atoms. The van der Waals surface area contributed by atoms with Crippen LogP contribution in [0.3, 0.4) is 0 Å². The monoisotopic (exact) mass is 237 g/mol. The molecular formula is C12H15NO4. The van der Waals surface area contributed by atoms with Crippen LogP contribution in [0.2, 0.25) is 0 Å². The van der Waals surface area contributed by atoms with E-state index >= 15 is 0 Å². The van der Waals surface area contributed by atoms with Gasteiger partial charge >= 0.3 is 5.97 Å². The standard InChI is InChI=1S/C12H15NO4/c1-15-12(14)9(7-13)8-3-2-4-10-11(8)17-6-5-16-10/h2-4,9H,5-7,13H2,1H3. The van der Waals surface area contributed by atoms with Gasteiger partial charge in [0.25, 0.3) is 0 Å². The van der Waals surface area contributed by atoms with Gasteiger partial charge in [0.1, 0.15) is 13.2 Å². The molecule has 1 heterocycles. The molecular weight excluding hydrogens is 222 g/mol. The zero-order chi connectivity index (χ0) is 12.3. The molecule has 0 saturated carbocycles. The molecule has 5 nitrogen and oxygen atoms in total. The summed E-state index contributed by atoms with van der Waals surface area (Å²) in [5, 5.41) is 0. The quantitative estimate of drug-likeness (QED) is 0.782. The Morgan fingerprint density at radius 2 is 2.24 bits per heavy atom. The highest BCUT2D eigenvalue weighted by molar-refractivity contribution is 5.80. The highest BCUT2D eigenvalue weighted by Crippen LogP contribution is 2.37. The van der Waals surface area contributed by atoms with Crippen LogP contribution in [-0.4, -0.2) is 32.8 Å². The molecule has 1 atom stereocenters. The third-order valence-electron chi connectivity index (χ3n) is 2.69. The lowest BCUT2D eigenvalue weighted by atomic mass is 9.97. The molecule has 0 amide bonds.